The van der Waals surface area contributed by atoms with E-state index in [4.69, 9.17) is 4.55 Å². The first kappa shape index (κ1) is 15.9. The van der Waals surface area contributed by atoms with Crippen molar-refractivity contribution in [2.75, 3.05) is 26.2 Å². The molecule has 4 fully saturated rings. The van der Waals surface area contributed by atoms with Gasteiger partial charge in [-0.25, -0.2) is 0 Å². The molecule has 3 heterocycles. The number of benzene rings is 1. The molecule has 6 heteroatoms. The zero-order chi connectivity index (χ0) is 16.0. The van der Waals surface area contributed by atoms with Gasteiger partial charge in [0.1, 0.15) is 0 Å². The molecule has 5 rings (SSSR count). The fourth-order valence-electron chi connectivity index (χ4n) is 4.32. The Morgan fingerprint density at radius 3 is 2.14 bits per heavy atom. The maximum atomic E-state index is 10.5. The van der Waals surface area contributed by atoms with Crippen molar-refractivity contribution in [2.24, 2.45) is 17.3 Å². The van der Waals surface area contributed by atoms with Crippen LogP contribution in [0.25, 0.3) is 0 Å². The SMILES string of the molecule is Cc1ccc(S(=O)(=O)O)cc1.OCC12C[C@H]3CN(C[C@H]3C1)C2. The van der Waals surface area contributed by atoms with E-state index in [9.17, 15) is 13.5 Å². The van der Waals surface area contributed by atoms with Crippen molar-refractivity contribution in [1.29, 1.82) is 0 Å². The van der Waals surface area contributed by atoms with Crippen molar-refractivity contribution >= 4 is 10.1 Å². The van der Waals surface area contributed by atoms with Gasteiger partial charge in [-0.2, -0.15) is 8.42 Å². The number of hydrogen-bond donors (Lipinski definition) is 2. The van der Waals surface area contributed by atoms with Gasteiger partial charge in [0.05, 0.1) is 4.90 Å². The van der Waals surface area contributed by atoms with Crippen molar-refractivity contribution in [3.63, 3.8) is 0 Å². The van der Waals surface area contributed by atoms with Crippen LogP contribution in [0.2, 0.25) is 0 Å². The molecule has 4 bridgehead atoms. The van der Waals surface area contributed by atoms with Gasteiger partial charge in [-0.1, -0.05) is 17.7 Å². The van der Waals surface area contributed by atoms with Crippen molar-refractivity contribution in [2.45, 2.75) is 24.7 Å². The summed E-state index contributed by atoms with van der Waals surface area (Å²) in [6.07, 6.45) is 2.62. The lowest BCUT2D eigenvalue weighted by Crippen LogP contribution is -2.44. The van der Waals surface area contributed by atoms with Gasteiger partial charge in [-0.15, -0.1) is 0 Å². The van der Waals surface area contributed by atoms with E-state index < -0.39 is 10.1 Å². The normalized spacial score (nSPS) is 35.3. The highest BCUT2D eigenvalue weighted by Gasteiger charge is 2.54. The van der Waals surface area contributed by atoms with Crippen LogP contribution in [0.3, 0.4) is 0 Å². The lowest BCUT2D eigenvalue weighted by molar-refractivity contribution is 0.0400. The van der Waals surface area contributed by atoms with Gasteiger partial charge in [0.2, 0.25) is 0 Å². The predicted octanol–water partition coefficient (Wildman–Crippen LogP) is 1.56. The monoisotopic (exact) mass is 325 g/mol. The molecule has 0 aromatic heterocycles. The molecule has 0 amide bonds. The number of rotatable bonds is 2. The molecule has 0 spiro atoms. The standard InChI is InChI=1S/C9H15NO.C7H8O3S/c11-6-9-1-7-3-10(5-9)4-8(7)2-9;1-6-2-4-7(5-3-6)11(8,9)10/h7-8,11H,1-6H2;2-5H,1H3,(H,8,9,10)/t7-,8+,9?;. The molecule has 4 aliphatic rings. The van der Waals surface area contributed by atoms with Crippen molar-refractivity contribution < 1.29 is 18.1 Å². The van der Waals surface area contributed by atoms with E-state index in [1.54, 1.807) is 12.1 Å². The van der Waals surface area contributed by atoms with Crippen LogP contribution in [0.4, 0.5) is 0 Å². The Hall–Kier alpha value is -0.950. The van der Waals surface area contributed by atoms with Crippen LogP contribution >= 0.6 is 0 Å². The van der Waals surface area contributed by atoms with Gasteiger partial charge >= 0.3 is 0 Å². The molecule has 4 atom stereocenters. The number of nitrogens with zero attached hydrogens (tertiary/aromatic N) is 1. The van der Waals surface area contributed by atoms with Crippen LogP contribution in [-0.4, -0.2) is 49.2 Å². The Kier molecular flexibility index (Phi) is 4.05. The highest BCUT2D eigenvalue weighted by Crippen LogP contribution is 2.54. The number of aliphatic hydroxyl groups excluding tert-OH is 1. The third-order valence-electron chi connectivity index (χ3n) is 5.26. The topological polar surface area (TPSA) is 77.8 Å². The second-order valence-corrected chi connectivity index (χ2v) is 8.49. The predicted molar refractivity (Wildman–Crippen MR) is 83.2 cm³/mol. The Morgan fingerprint density at radius 1 is 1.18 bits per heavy atom. The molecular weight excluding hydrogens is 302 g/mol. The fraction of sp³-hybridized carbons (Fsp3) is 0.625. The second kappa shape index (κ2) is 5.60. The van der Waals surface area contributed by atoms with Gasteiger partial charge in [0, 0.05) is 31.7 Å². The minimum Gasteiger partial charge on any atom is -0.396 e. The van der Waals surface area contributed by atoms with E-state index >= 15 is 0 Å². The first-order chi connectivity index (χ1) is 10.3. The largest absolute Gasteiger partial charge is 0.396 e. The summed E-state index contributed by atoms with van der Waals surface area (Å²) < 4.78 is 29.6. The molecule has 0 radical (unpaired) electrons. The van der Waals surface area contributed by atoms with Crippen LogP contribution < -0.4 is 0 Å². The second-order valence-electron chi connectivity index (χ2n) is 7.07. The maximum absolute atomic E-state index is 10.5. The van der Waals surface area contributed by atoms with Crippen LogP contribution in [0.5, 0.6) is 0 Å². The lowest BCUT2D eigenvalue weighted by atomic mass is 9.82. The highest BCUT2D eigenvalue weighted by atomic mass is 32.2. The molecule has 1 aromatic rings. The Bertz CT molecular complexity index is 621. The summed E-state index contributed by atoms with van der Waals surface area (Å²) in [6, 6.07) is 5.99. The average Bonchev–Trinajstić information content (AvgIpc) is 2.87. The maximum Gasteiger partial charge on any atom is 0.294 e. The minimum atomic E-state index is -4.02. The molecule has 1 aromatic carbocycles. The van der Waals surface area contributed by atoms with E-state index in [0.717, 1.165) is 17.4 Å². The summed E-state index contributed by atoms with van der Waals surface area (Å²) in [5, 5.41) is 9.28. The number of piperidine rings is 2. The van der Waals surface area contributed by atoms with Gasteiger partial charge in [0.25, 0.3) is 10.1 Å². The summed E-state index contributed by atoms with van der Waals surface area (Å²) in [6.45, 7) is 6.10. The molecule has 2 unspecified atom stereocenters. The molecule has 1 saturated carbocycles. The van der Waals surface area contributed by atoms with Gasteiger partial charge < -0.3 is 10.0 Å². The van der Waals surface area contributed by atoms with Crippen molar-refractivity contribution in [1.82, 2.24) is 4.90 Å². The van der Waals surface area contributed by atoms with Gasteiger partial charge in [-0.3, -0.25) is 4.55 Å². The van der Waals surface area contributed by atoms with Crippen molar-refractivity contribution in [3.05, 3.63) is 29.8 Å². The summed E-state index contributed by atoms with van der Waals surface area (Å²) in [7, 11) is -4.02. The van der Waals surface area contributed by atoms with E-state index in [0.29, 0.717) is 12.0 Å². The smallest absolute Gasteiger partial charge is 0.294 e. The molecule has 3 saturated heterocycles. The Morgan fingerprint density at radius 2 is 1.73 bits per heavy atom. The molecule has 5 nitrogen and oxygen atoms in total. The van der Waals surface area contributed by atoms with E-state index in [-0.39, 0.29) is 4.90 Å². The Labute approximate surface area is 131 Å². The molecule has 1 aliphatic carbocycles. The number of aryl methyl sites for hydroxylation is 1. The fourth-order valence-corrected chi connectivity index (χ4v) is 4.80. The van der Waals surface area contributed by atoms with Crippen LogP contribution in [0.1, 0.15) is 18.4 Å². The zero-order valence-electron chi connectivity index (χ0n) is 12.8. The lowest BCUT2D eigenvalue weighted by Gasteiger charge is -2.38. The van der Waals surface area contributed by atoms with Gasteiger partial charge in [-0.05, 0) is 43.7 Å². The quantitative estimate of drug-likeness (QED) is 0.807. The zero-order valence-corrected chi connectivity index (χ0v) is 13.6. The summed E-state index contributed by atoms with van der Waals surface area (Å²) >= 11 is 0. The summed E-state index contributed by atoms with van der Waals surface area (Å²) in [4.78, 5) is 2.47. The third kappa shape index (κ3) is 3.06. The van der Waals surface area contributed by atoms with E-state index in [2.05, 4.69) is 4.90 Å². The molecule has 2 N–H and O–H groups in total. The summed E-state index contributed by atoms with van der Waals surface area (Å²) in [5.74, 6) is 1.88. The number of hydrogen-bond acceptors (Lipinski definition) is 4. The summed E-state index contributed by atoms with van der Waals surface area (Å²) in [5.41, 5.74) is 1.30. The van der Waals surface area contributed by atoms with Crippen LogP contribution in [0.15, 0.2) is 29.2 Å². The minimum absolute atomic E-state index is 0.0666. The first-order valence-electron chi connectivity index (χ1n) is 7.69. The molecule has 122 valence electrons. The van der Waals surface area contributed by atoms with Crippen molar-refractivity contribution in [3.8, 4) is 0 Å². The highest BCUT2D eigenvalue weighted by molar-refractivity contribution is 7.85. The average molecular weight is 325 g/mol. The molecule has 3 aliphatic heterocycles. The van der Waals surface area contributed by atoms with Crippen LogP contribution in [-0.2, 0) is 10.1 Å². The first-order valence-corrected chi connectivity index (χ1v) is 9.13. The van der Waals surface area contributed by atoms with Crippen LogP contribution in [0, 0.1) is 24.2 Å². The third-order valence-corrected chi connectivity index (χ3v) is 6.12. The number of aliphatic hydroxyl groups is 1. The van der Waals surface area contributed by atoms with E-state index in [1.165, 1.54) is 44.6 Å². The van der Waals surface area contributed by atoms with Gasteiger partial charge in [0.15, 0.2) is 0 Å². The Balaban J connectivity index is 0.000000131. The molecule has 22 heavy (non-hydrogen) atoms. The van der Waals surface area contributed by atoms with E-state index in [1.807, 2.05) is 6.92 Å². The molecular formula is C16H23NO4S.